The molecule has 0 aliphatic rings. The Bertz CT molecular complexity index is 216. The largest absolute Gasteiger partial charge is 1.00 e. The van der Waals surface area contributed by atoms with E-state index in [1.165, 1.54) is 23.5 Å². The second-order valence-electron chi connectivity index (χ2n) is 2.19. The van der Waals surface area contributed by atoms with Crippen molar-refractivity contribution < 1.29 is 78.9 Å². The van der Waals surface area contributed by atoms with Crippen LogP contribution in [0.2, 0.25) is 0 Å². The van der Waals surface area contributed by atoms with Crippen molar-refractivity contribution in [3.63, 3.8) is 0 Å². The van der Waals surface area contributed by atoms with Crippen LogP contribution in [0.4, 0.5) is 0 Å². The zero-order valence-electron chi connectivity index (χ0n) is 9.19. The van der Waals surface area contributed by atoms with Gasteiger partial charge in [-0.2, -0.15) is 0 Å². The Kier molecular flexibility index (Phi) is 21.1. The third-order valence-corrected chi connectivity index (χ3v) is 3.75. The number of hydrogen-bond donors (Lipinski definition) is 0. The fraction of sp³-hybridized carbons (Fsp3) is 0.571. The van der Waals surface area contributed by atoms with E-state index in [4.69, 9.17) is 12.2 Å². The number of rotatable bonds is 6. The van der Waals surface area contributed by atoms with Crippen molar-refractivity contribution in [1.82, 2.24) is 0 Å². The van der Waals surface area contributed by atoms with Gasteiger partial charge in [-0.1, -0.05) is 12.2 Å². The molecule has 0 unspecified atom stereocenters. The monoisotopic (exact) mass is 298 g/mol. The molecule has 0 aromatic carbocycles. The van der Waals surface area contributed by atoms with Crippen LogP contribution in [0.25, 0.3) is 0 Å². The van der Waals surface area contributed by atoms with Gasteiger partial charge in [-0.05, 0) is 12.8 Å². The van der Waals surface area contributed by atoms with Crippen LogP contribution in [0.1, 0.15) is 12.8 Å². The maximum atomic E-state index is 10.0. The smallest absolute Gasteiger partial charge is 0.550 e. The molecule has 0 aliphatic carbocycles. The fourth-order valence-corrected chi connectivity index (χ4v) is 2.68. The first kappa shape index (κ1) is 22.9. The molecular formula is C7H8Na2O4S3. The Morgan fingerprint density at radius 1 is 0.938 bits per heavy atom. The molecule has 0 saturated heterocycles. The maximum absolute atomic E-state index is 10.0. The number of carboxylic acid groups (broad SMARTS) is 2. The van der Waals surface area contributed by atoms with E-state index in [2.05, 4.69) is 0 Å². The van der Waals surface area contributed by atoms with Crippen LogP contribution in [0.15, 0.2) is 0 Å². The molecule has 0 atom stereocenters. The average Bonchev–Trinajstić information content (AvgIpc) is 2.02. The molecule has 0 rings (SSSR count). The first-order valence-electron chi connectivity index (χ1n) is 3.71. The third kappa shape index (κ3) is 18.1. The molecule has 0 aliphatic heterocycles. The number of aliphatic carboxylic acids is 2. The normalized spacial score (nSPS) is 8.50. The number of thiocarbonyl (C=S) groups is 1. The van der Waals surface area contributed by atoms with E-state index < -0.39 is 11.9 Å². The molecule has 0 heterocycles. The summed E-state index contributed by atoms with van der Waals surface area (Å²) in [4.78, 5) is 20.0. The van der Waals surface area contributed by atoms with Gasteiger partial charge >= 0.3 is 59.1 Å². The third-order valence-electron chi connectivity index (χ3n) is 1.05. The van der Waals surface area contributed by atoms with Gasteiger partial charge in [-0.25, -0.2) is 0 Å². The molecule has 0 amide bonds. The quantitative estimate of drug-likeness (QED) is 0.356. The molecule has 4 nitrogen and oxygen atoms in total. The van der Waals surface area contributed by atoms with Crippen molar-refractivity contribution in [3.05, 3.63) is 0 Å². The summed E-state index contributed by atoms with van der Waals surface area (Å²) in [5, 5.41) is 20.0. The number of hydrogen-bond acceptors (Lipinski definition) is 7. The predicted octanol–water partition coefficient (Wildman–Crippen LogP) is -6.97. The molecule has 0 spiro atoms. The van der Waals surface area contributed by atoms with E-state index in [0.717, 1.165) is 0 Å². The molecule has 0 aromatic heterocycles. The van der Waals surface area contributed by atoms with Crippen LogP contribution in [-0.4, -0.2) is 27.0 Å². The molecule has 0 radical (unpaired) electrons. The van der Waals surface area contributed by atoms with E-state index in [1.807, 2.05) is 0 Å². The van der Waals surface area contributed by atoms with Gasteiger partial charge in [-0.3, -0.25) is 0 Å². The van der Waals surface area contributed by atoms with Crippen molar-refractivity contribution in [2.24, 2.45) is 0 Å². The molecule has 0 N–H and O–H groups in total. The van der Waals surface area contributed by atoms with Gasteiger partial charge in [0.25, 0.3) is 0 Å². The minimum Gasteiger partial charge on any atom is -0.550 e. The molecule has 16 heavy (non-hydrogen) atoms. The van der Waals surface area contributed by atoms with Gasteiger partial charge < -0.3 is 19.8 Å². The molecule has 9 heteroatoms. The van der Waals surface area contributed by atoms with Gasteiger partial charge in [0.2, 0.25) is 0 Å². The summed E-state index contributed by atoms with van der Waals surface area (Å²) in [7, 11) is 0. The Balaban J connectivity index is -0.000000845. The molecule has 0 saturated carbocycles. The second kappa shape index (κ2) is 14.8. The molecule has 0 fully saturated rings. The summed E-state index contributed by atoms with van der Waals surface area (Å²) in [5.74, 6) is -1.50. The van der Waals surface area contributed by atoms with Crippen molar-refractivity contribution >= 4 is 51.2 Å². The summed E-state index contributed by atoms with van der Waals surface area (Å²) in [6.07, 6.45) is -0.0995. The van der Waals surface area contributed by atoms with Gasteiger partial charge in [0.05, 0.1) is 0 Å². The van der Waals surface area contributed by atoms with Crippen molar-refractivity contribution in [2.45, 2.75) is 12.8 Å². The van der Waals surface area contributed by atoms with E-state index in [9.17, 15) is 19.8 Å². The summed E-state index contributed by atoms with van der Waals surface area (Å²) in [6.45, 7) is 0. The average molecular weight is 298 g/mol. The molecule has 0 aromatic rings. The number of thioether (sulfide) groups is 2. The zero-order valence-corrected chi connectivity index (χ0v) is 15.6. The molecular weight excluding hydrogens is 290 g/mol. The minimum atomic E-state index is -1.11. The Morgan fingerprint density at radius 3 is 1.50 bits per heavy atom. The van der Waals surface area contributed by atoms with E-state index >= 15 is 0 Å². The van der Waals surface area contributed by atoms with Crippen LogP contribution in [0.3, 0.4) is 0 Å². The standard InChI is InChI=1S/C7H10O4S3.2Na/c8-5(9)1-3-13-7(12)14-4-2-6(10)11;;/h1-4H2,(H,8,9)(H,10,11);;/q;2*+1/p-2. The van der Waals surface area contributed by atoms with Gasteiger partial charge in [0.1, 0.15) is 3.53 Å². The van der Waals surface area contributed by atoms with E-state index in [0.29, 0.717) is 15.0 Å². The maximum Gasteiger partial charge on any atom is 1.00 e. The summed E-state index contributed by atoms with van der Waals surface area (Å²) < 4.78 is 0.549. The van der Waals surface area contributed by atoms with Gasteiger partial charge in [0, 0.05) is 23.4 Å². The van der Waals surface area contributed by atoms with Crippen LogP contribution >= 0.6 is 35.7 Å². The summed E-state index contributed by atoms with van der Waals surface area (Å²) in [6, 6.07) is 0. The van der Waals surface area contributed by atoms with E-state index in [1.54, 1.807) is 0 Å². The summed E-state index contributed by atoms with van der Waals surface area (Å²) in [5.41, 5.74) is 0. The predicted molar refractivity (Wildman–Crippen MR) is 56.8 cm³/mol. The first-order chi connectivity index (χ1) is 6.52. The van der Waals surface area contributed by atoms with Crippen molar-refractivity contribution in [3.8, 4) is 0 Å². The number of carbonyl (C=O) groups excluding carboxylic acids is 2. The van der Waals surface area contributed by atoms with Crippen LogP contribution < -0.4 is 69.3 Å². The van der Waals surface area contributed by atoms with Crippen molar-refractivity contribution in [1.29, 1.82) is 0 Å². The minimum absolute atomic E-state index is 0. The van der Waals surface area contributed by atoms with Gasteiger partial charge in [0.15, 0.2) is 0 Å². The molecule has 0 bridgehead atoms. The topological polar surface area (TPSA) is 80.3 Å². The Hall–Kier alpha value is 1.73. The van der Waals surface area contributed by atoms with Crippen LogP contribution in [-0.2, 0) is 9.59 Å². The number of carboxylic acids is 2. The Morgan fingerprint density at radius 2 is 1.25 bits per heavy atom. The number of carbonyl (C=O) groups is 2. The Labute approximate surface area is 152 Å². The first-order valence-corrected chi connectivity index (χ1v) is 6.09. The van der Waals surface area contributed by atoms with Gasteiger partial charge in [-0.15, -0.1) is 23.5 Å². The fourth-order valence-electron chi connectivity index (χ4n) is 0.477. The van der Waals surface area contributed by atoms with Crippen molar-refractivity contribution in [2.75, 3.05) is 11.5 Å². The zero-order chi connectivity index (χ0) is 11.0. The summed E-state index contributed by atoms with van der Waals surface area (Å²) >= 11 is 7.29. The second-order valence-corrected chi connectivity index (χ2v) is 5.58. The van der Waals surface area contributed by atoms with Crippen LogP contribution in [0.5, 0.6) is 0 Å². The SMILES string of the molecule is O=C([O-])CCSC(=S)SCCC(=O)[O-].[Na+].[Na+]. The van der Waals surface area contributed by atoms with E-state index in [-0.39, 0.29) is 72.0 Å². The van der Waals surface area contributed by atoms with Crippen LogP contribution in [0, 0.1) is 0 Å². The molecule has 80 valence electrons.